The van der Waals surface area contributed by atoms with E-state index in [0.717, 1.165) is 22.8 Å². The van der Waals surface area contributed by atoms with Crippen LogP contribution in [0.2, 0.25) is 0 Å². The van der Waals surface area contributed by atoms with Gasteiger partial charge in [-0.25, -0.2) is 0 Å². The van der Waals surface area contributed by atoms with Crippen molar-refractivity contribution in [2.45, 2.75) is 20.8 Å². The van der Waals surface area contributed by atoms with Crippen molar-refractivity contribution < 1.29 is 0 Å². The summed E-state index contributed by atoms with van der Waals surface area (Å²) in [7, 11) is 0. The summed E-state index contributed by atoms with van der Waals surface area (Å²) in [6.07, 6.45) is 1.74. The summed E-state index contributed by atoms with van der Waals surface area (Å²) in [6, 6.07) is 6.09. The monoisotopic (exact) mass is 202 g/mol. The van der Waals surface area contributed by atoms with Gasteiger partial charge in [-0.2, -0.15) is 5.10 Å². The van der Waals surface area contributed by atoms with Gasteiger partial charge in [0, 0.05) is 11.4 Å². The third-order valence-corrected chi connectivity index (χ3v) is 2.29. The second kappa shape index (κ2) is 3.73. The molecule has 0 saturated heterocycles. The van der Waals surface area contributed by atoms with E-state index < -0.39 is 0 Å². The number of anilines is 1. The Hall–Kier alpha value is -1.84. The maximum absolute atomic E-state index is 4.01. The van der Waals surface area contributed by atoms with Gasteiger partial charge in [0.05, 0.1) is 6.20 Å². The van der Waals surface area contributed by atoms with Crippen LogP contribution < -0.4 is 5.43 Å². The molecule has 2 heterocycles. The molecule has 0 unspecified atom stereocenters. The highest BCUT2D eigenvalue weighted by Gasteiger charge is 2.01. The van der Waals surface area contributed by atoms with Gasteiger partial charge in [-0.05, 0) is 44.5 Å². The lowest BCUT2D eigenvalue weighted by atomic mass is 10.3. The summed E-state index contributed by atoms with van der Waals surface area (Å²) in [5, 5.41) is 7.91. The highest BCUT2D eigenvalue weighted by Crippen LogP contribution is 2.09. The van der Waals surface area contributed by atoms with Gasteiger partial charge in [-0.3, -0.25) is 10.1 Å². The van der Waals surface area contributed by atoms with E-state index in [2.05, 4.69) is 27.8 Å². The van der Waals surface area contributed by atoms with Gasteiger partial charge < -0.3 is 0 Å². The van der Waals surface area contributed by atoms with Crippen LogP contribution >= 0.6 is 0 Å². The molecule has 2 rings (SSSR count). The summed E-state index contributed by atoms with van der Waals surface area (Å²) in [5.41, 5.74) is 6.59. The van der Waals surface area contributed by atoms with E-state index in [1.807, 2.05) is 31.5 Å². The molecule has 0 atom stereocenters. The fourth-order valence-electron chi connectivity index (χ4n) is 1.48. The zero-order valence-electron chi connectivity index (χ0n) is 9.15. The Morgan fingerprint density at radius 1 is 1.13 bits per heavy atom. The third kappa shape index (κ3) is 1.98. The standard InChI is InChI=1S/C11H14N4/c1-8-6-11(13-12-7-8)14-15-9(2)4-5-10(15)3/h4-7H,1-3H3,(H,13,14). The Kier molecular flexibility index (Phi) is 2.41. The third-order valence-electron chi connectivity index (χ3n) is 2.29. The fraction of sp³-hybridized carbons (Fsp3) is 0.273. The molecule has 0 radical (unpaired) electrons. The Morgan fingerprint density at radius 3 is 2.40 bits per heavy atom. The van der Waals surface area contributed by atoms with Crippen molar-refractivity contribution in [3.63, 3.8) is 0 Å². The molecular weight excluding hydrogens is 188 g/mol. The Morgan fingerprint density at radius 2 is 1.80 bits per heavy atom. The first kappa shape index (κ1) is 9.71. The number of rotatable bonds is 2. The predicted octanol–water partition coefficient (Wildman–Crippen LogP) is 2.08. The van der Waals surface area contributed by atoms with Crippen LogP contribution in [0.5, 0.6) is 0 Å². The van der Waals surface area contributed by atoms with Crippen LogP contribution in [0.15, 0.2) is 24.4 Å². The molecule has 0 aliphatic heterocycles. The van der Waals surface area contributed by atoms with Crippen molar-refractivity contribution in [2.24, 2.45) is 0 Å². The minimum atomic E-state index is 0.761. The number of hydrogen-bond acceptors (Lipinski definition) is 3. The average molecular weight is 202 g/mol. The Labute approximate surface area is 88.9 Å². The van der Waals surface area contributed by atoms with Crippen LogP contribution in [-0.4, -0.2) is 14.9 Å². The van der Waals surface area contributed by atoms with Crippen LogP contribution in [0, 0.1) is 20.8 Å². The predicted molar refractivity (Wildman–Crippen MR) is 59.7 cm³/mol. The maximum Gasteiger partial charge on any atom is 0.167 e. The first-order valence-corrected chi connectivity index (χ1v) is 4.88. The second-order valence-corrected chi connectivity index (χ2v) is 3.68. The van der Waals surface area contributed by atoms with Crippen LogP contribution in [0.25, 0.3) is 0 Å². The van der Waals surface area contributed by atoms with E-state index in [1.165, 1.54) is 0 Å². The van der Waals surface area contributed by atoms with Gasteiger partial charge in [0.15, 0.2) is 5.82 Å². The van der Waals surface area contributed by atoms with E-state index in [1.54, 1.807) is 6.20 Å². The summed E-state index contributed by atoms with van der Waals surface area (Å²) in [4.78, 5) is 0. The van der Waals surface area contributed by atoms with E-state index in [0.29, 0.717) is 0 Å². The highest BCUT2D eigenvalue weighted by molar-refractivity contribution is 5.36. The molecule has 0 aromatic carbocycles. The lowest BCUT2D eigenvalue weighted by Gasteiger charge is -2.11. The Bertz CT molecular complexity index is 454. The Balaban J connectivity index is 2.29. The molecule has 1 N–H and O–H groups in total. The zero-order valence-corrected chi connectivity index (χ0v) is 9.15. The first-order chi connectivity index (χ1) is 7.16. The van der Waals surface area contributed by atoms with Crippen molar-refractivity contribution in [2.75, 3.05) is 5.43 Å². The molecule has 4 nitrogen and oxygen atoms in total. The number of aryl methyl sites for hydroxylation is 3. The van der Waals surface area contributed by atoms with Gasteiger partial charge in [0.25, 0.3) is 0 Å². The molecule has 0 fully saturated rings. The number of nitrogens with zero attached hydrogens (tertiary/aromatic N) is 3. The lowest BCUT2D eigenvalue weighted by Crippen LogP contribution is -2.13. The number of nitrogens with one attached hydrogen (secondary N) is 1. The molecule has 0 amide bonds. The normalized spacial score (nSPS) is 10.3. The minimum Gasteiger partial charge on any atom is -0.276 e. The van der Waals surface area contributed by atoms with Crippen molar-refractivity contribution in [1.82, 2.24) is 14.9 Å². The molecule has 0 aliphatic rings. The van der Waals surface area contributed by atoms with Gasteiger partial charge >= 0.3 is 0 Å². The SMILES string of the molecule is Cc1cnnc(Nn2c(C)ccc2C)c1. The summed E-state index contributed by atoms with van der Waals surface area (Å²) < 4.78 is 1.99. The molecule has 0 spiro atoms. The first-order valence-electron chi connectivity index (χ1n) is 4.88. The van der Waals surface area contributed by atoms with Gasteiger partial charge in [0.1, 0.15) is 0 Å². The van der Waals surface area contributed by atoms with Gasteiger partial charge in [0.2, 0.25) is 0 Å². The van der Waals surface area contributed by atoms with E-state index in [9.17, 15) is 0 Å². The molecule has 0 bridgehead atoms. The molecule has 0 saturated carbocycles. The smallest absolute Gasteiger partial charge is 0.167 e. The van der Waals surface area contributed by atoms with E-state index in [-0.39, 0.29) is 0 Å². The van der Waals surface area contributed by atoms with E-state index in [4.69, 9.17) is 0 Å². The average Bonchev–Trinajstić information content (AvgIpc) is 2.50. The number of hydrogen-bond donors (Lipinski definition) is 1. The molecule has 78 valence electrons. The van der Waals surface area contributed by atoms with Crippen molar-refractivity contribution in [3.05, 3.63) is 41.3 Å². The minimum absolute atomic E-state index is 0.761. The molecule has 2 aromatic rings. The summed E-state index contributed by atoms with van der Waals surface area (Å²) >= 11 is 0. The van der Waals surface area contributed by atoms with Crippen LogP contribution in [0.4, 0.5) is 5.82 Å². The van der Waals surface area contributed by atoms with Crippen molar-refractivity contribution in [1.29, 1.82) is 0 Å². The molecule has 4 heteroatoms. The molecule has 0 aliphatic carbocycles. The number of aromatic nitrogens is 3. The molecule has 15 heavy (non-hydrogen) atoms. The van der Waals surface area contributed by atoms with Crippen molar-refractivity contribution >= 4 is 5.82 Å². The molecule has 2 aromatic heterocycles. The van der Waals surface area contributed by atoms with Crippen LogP contribution in [0.1, 0.15) is 17.0 Å². The van der Waals surface area contributed by atoms with Crippen molar-refractivity contribution in [3.8, 4) is 0 Å². The summed E-state index contributed by atoms with van der Waals surface area (Å²) in [5.74, 6) is 0.761. The van der Waals surface area contributed by atoms with Gasteiger partial charge in [-0.1, -0.05) is 0 Å². The quantitative estimate of drug-likeness (QED) is 0.810. The molecular formula is C11H14N4. The topological polar surface area (TPSA) is 42.7 Å². The zero-order chi connectivity index (χ0) is 10.8. The maximum atomic E-state index is 4.01. The second-order valence-electron chi connectivity index (χ2n) is 3.68. The lowest BCUT2D eigenvalue weighted by molar-refractivity contribution is 0.854. The van der Waals surface area contributed by atoms with Crippen LogP contribution in [0.3, 0.4) is 0 Å². The summed E-state index contributed by atoms with van der Waals surface area (Å²) in [6.45, 7) is 6.09. The van der Waals surface area contributed by atoms with Crippen LogP contribution in [-0.2, 0) is 0 Å². The fourth-order valence-corrected chi connectivity index (χ4v) is 1.48. The van der Waals surface area contributed by atoms with Gasteiger partial charge in [-0.15, -0.1) is 5.10 Å². The highest BCUT2D eigenvalue weighted by atomic mass is 15.4. The largest absolute Gasteiger partial charge is 0.276 e. The van der Waals surface area contributed by atoms with E-state index >= 15 is 0 Å².